The summed E-state index contributed by atoms with van der Waals surface area (Å²) < 4.78 is 27.5. The maximum Gasteiger partial charge on any atom is 0.269 e. The maximum atomic E-state index is 12.4. The molecule has 0 aliphatic carbocycles. The van der Waals surface area contributed by atoms with Crippen molar-refractivity contribution >= 4 is 15.7 Å². The number of nitrogens with zero attached hydrogens (tertiary/aromatic N) is 1. The van der Waals surface area contributed by atoms with E-state index in [1.54, 1.807) is 6.92 Å². The molecule has 25 heavy (non-hydrogen) atoms. The molecule has 1 N–H and O–H groups in total. The Balaban J connectivity index is 2.18. The van der Waals surface area contributed by atoms with Crippen LogP contribution in [0, 0.1) is 10.1 Å². The Morgan fingerprint density at radius 3 is 1.96 bits per heavy atom. The lowest BCUT2D eigenvalue weighted by atomic mass is 9.86. The first-order valence-corrected chi connectivity index (χ1v) is 9.36. The van der Waals surface area contributed by atoms with Gasteiger partial charge < -0.3 is 0 Å². The van der Waals surface area contributed by atoms with Gasteiger partial charge in [-0.1, -0.05) is 45.0 Å². The lowest BCUT2D eigenvalue weighted by Crippen LogP contribution is -2.27. The van der Waals surface area contributed by atoms with E-state index >= 15 is 0 Å². The highest BCUT2D eigenvalue weighted by atomic mass is 32.2. The smallest absolute Gasteiger partial charge is 0.258 e. The van der Waals surface area contributed by atoms with Gasteiger partial charge in [-0.2, -0.15) is 0 Å². The van der Waals surface area contributed by atoms with Crippen LogP contribution in [0.3, 0.4) is 0 Å². The molecular formula is C18H22N2O4S. The van der Waals surface area contributed by atoms with E-state index in [-0.39, 0.29) is 16.0 Å². The zero-order valence-electron chi connectivity index (χ0n) is 14.7. The Labute approximate surface area is 148 Å². The van der Waals surface area contributed by atoms with Gasteiger partial charge in [-0.25, -0.2) is 13.1 Å². The van der Waals surface area contributed by atoms with Crippen molar-refractivity contribution in [3.63, 3.8) is 0 Å². The van der Waals surface area contributed by atoms with Gasteiger partial charge in [0.2, 0.25) is 10.0 Å². The van der Waals surface area contributed by atoms with Gasteiger partial charge in [0.25, 0.3) is 5.69 Å². The van der Waals surface area contributed by atoms with Crippen molar-refractivity contribution in [3.05, 3.63) is 69.8 Å². The molecule has 2 rings (SSSR count). The molecule has 0 radical (unpaired) electrons. The van der Waals surface area contributed by atoms with Gasteiger partial charge in [0.15, 0.2) is 0 Å². The summed E-state index contributed by atoms with van der Waals surface area (Å²) in [5.41, 5.74) is 1.89. The largest absolute Gasteiger partial charge is 0.269 e. The second-order valence-corrected chi connectivity index (χ2v) is 8.68. The van der Waals surface area contributed by atoms with E-state index in [4.69, 9.17) is 0 Å². The molecule has 0 bridgehead atoms. The average Bonchev–Trinajstić information content (AvgIpc) is 2.54. The van der Waals surface area contributed by atoms with Gasteiger partial charge in [-0.15, -0.1) is 0 Å². The molecule has 0 aliphatic rings. The molecule has 0 amide bonds. The molecule has 2 aromatic carbocycles. The zero-order valence-corrected chi connectivity index (χ0v) is 15.5. The van der Waals surface area contributed by atoms with Crippen LogP contribution >= 0.6 is 0 Å². The number of nitrogens with one attached hydrogen (secondary N) is 1. The Morgan fingerprint density at radius 1 is 1.00 bits per heavy atom. The van der Waals surface area contributed by atoms with Crippen molar-refractivity contribution < 1.29 is 13.3 Å². The highest BCUT2D eigenvalue weighted by Gasteiger charge is 2.20. The maximum absolute atomic E-state index is 12.4. The summed E-state index contributed by atoms with van der Waals surface area (Å²) in [6.45, 7) is 8.10. The average molecular weight is 362 g/mol. The first kappa shape index (κ1) is 19.1. The minimum atomic E-state index is -3.76. The van der Waals surface area contributed by atoms with E-state index in [1.807, 2.05) is 24.3 Å². The van der Waals surface area contributed by atoms with Gasteiger partial charge in [-0.3, -0.25) is 10.1 Å². The van der Waals surface area contributed by atoms with Crippen molar-refractivity contribution in [2.45, 2.75) is 44.0 Å². The number of non-ortho nitro benzene ring substituents is 1. The molecule has 134 valence electrons. The monoisotopic (exact) mass is 362 g/mol. The molecular weight excluding hydrogens is 340 g/mol. The van der Waals surface area contributed by atoms with Crippen LogP contribution < -0.4 is 4.72 Å². The summed E-state index contributed by atoms with van der Waals surface area (Å²) in [5.74, 6) is 0. The number of rotatable bonds is 5. The van der Waals surface area contributed by atoms with Crippen molar-refractivity contribution in [3.8, 4) is 0 Å². The molecule has 0 unspecified atom stereocenters. The van der Waals surface area contributed by atoms with E-state index < -0.39 is 21.0 Å². The molecule has 0 aromatic heterocycles. The second-order valence-electron chi connectivity index (χ2n) is 6.97. The lowest BCUT2D eigenvalue weighted by Gasteiger charge is -2.20. The van der Waals surface area contributed by atoms with E-state index in [9.17, 15) is 18.5 Å². The molecule has 1 atom stereocenters. The lowest BCUT2D eigenvalue weighted by molar-refractivity contribution is -0.384. The highest BCUT2D eigenvalue weighted by Crippen LogP contribution is 2.25. The number of hydrogen-bond donors (Lipinski definition) is 1. The fourth-order valence-corrected chi connectivity index (χ4v) is 3.62. The molecule has 6 nitrogen and oxygen atoms in total. The normalized spacial score (nSPS) is 13.4. The van der Waals surface area contributed by atoms with E-state index in [1.165, 1.54) is 29.8 Å². The molecule has 7 heteroatoms. The van der Waals surface area contributed by atoms with Crippen LogP contribution in [0.15, 0.2) is 53.4 Å². The summed E-state index contributed by atoms with van der Waals surface area (Å²) in [4.78, 5) is 10.1. The minimum absolute atomic E-state index is 0.00346. The van der Waals surface area contributed by atoms with Crippen LogP contribution in [-0.2, 0) is 15.4 Å². The molecule has 0 spiro atoms. The number of nitro groups is 1. The first-order valence-electron chi connectivity index (χ1n) is 7.88. The molecule has 2 aromatic rings. The third-order valence-corrected chi connectivity index (χ3v) is 5.52. The quantitative estimate of drug-likeness (QED) is 0.644. The SMILES string of the molecule is C[C@H](NS(=O)(=O)c1ccc([N+](=O)[O-])cc1)c1ccc(C(C)(C)C)cc1. The zero-order chi connectivity index (χ0) is 18.8. The Kier molecular flexibility index (Phi) is 5.29. The second kappa shape index (κ2) is 6.93. The van der Waals surface area contributed by atoms with Crippen molar-refractivity contribution in [2.75, 3.05) is 0 Å². The number of hydrogen-bond acceptors (Lipinski definition) is 4. The first-order chi connectivity index (χ1) is 11.5. The fourth-order valence-electron chi connectivity index (χ4n) is 2.39. The van der Waals surface area contributed by atoms with Gasteiger partial charge in [-0.05, 0) is 35.6 Å². The minimum Gasteiger partial charge on any atom is -0.258 e. The molecule has 0 saturated heterocycles. The standard InChI is InChI=1S/C18H22N2O4S/c1-13(14-5-7-15(8-6-14)18(2,3)4)19-25(23,24)17-11-9-16(10-12-17)20(21)22/h5-13,19H,1-4H3/t13-/m0/s1. The summed E-state index contributed by atoms with van der Waals surface area (Å²) >= 11 is 0. The summed E-state index contributed by atoms with van der Waals surface area (Å²) in [6, 6.07) is 12.2. The molecule has 0 aliphatic heterocycles. The number of benzene rings is 2. The third-order valence-electron chi connectivity index (χ3n) is 3.97. The summed E-state index contributed by atoms with van der Waals surface area (Å²) in [5, 5.41) is 10.7. The van der Waals surface area contributed by atoms with Crippen molar-refractivity contribution in [1.29, 1.82) is 0 Å². The highest BCUT2D eigenvalue weighted by molar-refractivity contribution is 7.89. The Hall–Kier alpha value is -2.25. The van der Waals surface area contributed by atoms with Crippen LogP contribution in [0.4, 0.5) is 5.69 Å². The molecule has 0 fully saturated rings. The topological polar surface area (TPSA) is 89.3 Å². The van der Waals surface area contributed by atoms with Crippen LogP contribution in [0.2, 0.25) is 0 Å². The van der Waals surface area contributed by atoms with E-state index in [0.29, 0.717) is 0 Å². The Bertz CT molecular complexity index is 851. The van der Waals surface area contributed by atoms with Gasteiger partial charge >= 0.3 is 0 Å². The van der Waals surface area contributed by atoms with Crippen LogP contribution in [0.25, 0.3) is 0 Å². The predicted molar refractivity (Wildman–Crippen MR) is 97.0 cm³/mol. The summed E-state index contributed by atoms with van der Waals surface area (Å²) in [7, 11) is -3.76. The fraction of sp³-hybridized carbons (Fsp3) is 0.333. The third kappa shape index (κ3) is 4.64. The van der Waals surface area contributed by atoms with Gasteiger partial charge in [0, 0.05) is 18.2 Å². The van der Waals surface area contributed by atoms with E-state index in [2.05, 4.69) is 25.5 Å². The number of nitro benzene ring substituents is 1. The molecule has 0 heterocycles. The van der Waals surface area contributed by atoms with Crippen LogP contribution in [-0.4, -0.2) is 13.3 Å². The number of sulfonamides is 1. The van der Waals surface area contributed by atoms with E-state index in [0.717, 1.165) is 5.56 Å². The predicted octanol–water partition coefficient (Wildman–Crippen LogP) is 3.93. The van der Waals surface area contributed by atoms with Crippen LogP contribution in [0.1, 0.15) is 44.9 Å². The van der Waals surface area contributed by atoms with Crippen molar-refractivity contribution in [2.24, 2.45) is 0 Å². The van der Waals surface area contributed by atoms with Crippen LogP contribution in [0.5, 0.6) is 0 Å². The molecule has 0 saturated carbocycles. The van der Waals surface area contributed by atoms with Gasteiger partial charge in [0.05, 0.1) is 9.82 Å². The van der Waals surface area contributed by atoms with Crippen molar-refractivity contribution in [1.82, 2.24) is 4.72 Å². The Morgan fingerprint density at radius 2 is 1.52 bits per heavy atom. The summed E-state index contributed by atoms with van der Waals surface area (Å²) in [6.07, 6.45) is 0. The van der Waals surface area contributed by atoms with Gasteiger partial charge in [0.1, 0.15) is 0 Å².